The van der Waals surface area contributed by atoms with Crippen molar-refractivity contribution in [3.63, 3.8) is 0 Å². The quantitative estimate of drug-likeness (QED) is 0.809. The van der Waals surface area contributed by atoms with E-state index >= 15 is 0 Å². The summed E-state index contributed by atoms with van der Waals surface area (Å²) in [4.78, 5) is 0. The molecule has 0 bridgehead atoms. The summed E-state index contributed by atoms with van der Waals surface area (Å²) in [6, 6.07) is 7.12. The fraction of sp³-hybridized carbons (Fsp3) is 0.600. The van der Waals surface area contributed by atoms with Gasteiger partial charge in [0.15, 0.2) is 0 Å². The Morgan fingerprint density at radius 3 is 2.77 bits per heavy atom. The first-order valence-corrected chi connectivity index (χ1v) is 9.47. The second-order valence-corrected chi connectivity index (χ2v) is 9.03. The van der Waals surface area contributed by atoms with E-state index < -0.39 is 26.9 Å². The second kappa shape index (κ2) is 6.97. The molecule has 2 atom stereocenters. The molecule has 1 aromatic carbocycles. The van der Waals surface area contributed by atoms with Crippen molar-refractivity contribution in [3.8, 4) is 0 Å². The van der Waals surface area contributed by atoms with Gasteiger partial charge in [0.05, 0.1) is 24.9 Å². The van der Waals surface area contributed by atoms with Crippen LogP contribution in [0.4, 0.5) is 0 Å². The molecule has 0 radical (unpaired) electrons. The highest BCUT2D eigenvalue weighted by molar-refractivity contribution is 9.10. The Kier molecular flexibility index (Phi) is 5.66. The third kappa shape index (κ3) is 4.52. The molecule has 1 aliphatic heterocycles. The topological polar surface area (TPSA) is 64.6 Å². The maximum atomic E-state index is 12.6. The highest BCUT2D eigenvalue weighted by atomic mass is 79.9. The van der Waals surface area contributed by atoms with Gasteiger partial charge in [-0.3, -0.25) is 0 Å². The van der Waals surface area contributed by atoms with Gasteiger partial charge in [-0.15, -0.1) is 0 Å². The monoisotopic (exact) mass is 391 g/mol. The van der Waals surface area contributed by atoms with Gasteiger partial charge >= 0.3 is 0 Å². The summed E-state index contributed by atoms with van der Waals surface area (Å²) >= 11 is 3.40. The van der Waals surface area contributed by atoms with Crippen molar-refractivity contribution < 1.29 is 17.9 Å². The van der Waals surface area contributed by atoms with Crippen molar-refractivity contribution >= 4 is 26.0 Å². The van der Waals surface area contributed by atoms with E-state index in [4.69, 9.17) is 9.47 Å². The van der Waals surface area contributed by atoms with Crippen LogP contribution in [0.5, 0.6) is 0 Å². The van der Waals surface area contributed by atoms with Gasteiger partial charge in [0.1, 0.15) is 5.25 Å². The summed E-state index contributed by atoms with van der Waals surface area (Å²) in [5.74, 6) is 0. The molecule has 1 fully saturated rings. The summed E-state index contributed by atoms with van der Waals surface area (Å²) in [5.41, 5.74) is 0.462. The maximum Gasteiger partial charge on any atom is 0.217 e. The fourth-order valence-electron chi connectivity index (χ4n) is 2.57. The smallest absolute Gasteiger partial charge is 0.217 e. The molecular weight excluding hydrogens is 370 g/mol. The summed E-state index contributed by atoms with van der Waals surface area (Å²) in [7, 11) is -1.93. The van der Waals surface area contributed by atoms with Gasteiger partial charge in [0.25, 0.3) is 0 Å². The van der Waals surface area contributed by atoms with E-state index in [1.165, 1.54) is 0 Å². The Labute approximate surface area is 140 Å². The van der Waals surface area contributed by atoms with Crippen LogP contribution in [0, 0.1) is 0 Å². The Bertz CT molecular complexity index is 618. The third-order valence-corrected chi connectivity index (χ3v) is 6.00. The van der Waals surface area contributed by atoms with Gasteiger partial charge in [-0.1, -0.05) is 28.1 Å². The van der Waals surface area contributed by atoms with Gasteiger partial charge in [-0.2, -0.15) is 0 Å². The number of hydrogen-bond donors (Lipinski definition) is 1. The summed E-state index contributed by atoms with van der Waals surface area (Å²) in [6.07, 6.45) is 0.487. The van der Waals surface area contributed by atoms with E-state index in [0.717, 1.165) is 10.0 Å². The van der Waals surface area contributed by atoms with Gasteiger partial charge in [-0.05, 0) is 38.0 Å². The van der Waals surface area contributed by atoms with E-state index in [0.29, 0.717) is 6.42 Å². The minimum atomic E-state index is -3.48. The molecule has 0 amide bonds. The molecule has 124 valence electrons. The highest BCUT2D eigenvalue weighted by Gasteiger charge is 2.40. The molecule has 1 saturated heterocycles. The Balaban J connectivity index is 2.17. The van der Waals surface area contributed by atoms with Crippen molar-refractivity contribution in [2.24, 2.45) is 0 Å². The molecule has 2 rings (SSSR count). The largest absolute Gasteiger partial charge is 0.383 e. The molecule has 1 heterocycles. The molecule has 1 aromatic rings. The van der Waals surface area contributed by atoms with Crippen LogP contribution >= 0.6 is 15.9 Å². The lowest BCUT2D eigenvalue weighted by Gasteiger charge is -2.21. The fourth-order valence-corrected chi connectivity index (χ4v) is 4.64. The van der Waals surface area contributed by atoms with Crippen LogP contribution in [-0.2, 0) is 19.5 Å². The summed E-state index contributed by atoms with van der Waals surface area (Å²) in [5, 5.41) is -0.533. The first-order chi connectivity index (χ1) is 10.2. The normalized spacial score (nSPS) is 22.6. The van der Waals surface area contributed by atoms with E-state index in [2.05, 4.69) is 20.7 Å². The highest BCUT2D eigenvalue weighted by Crippen LogP contribution is 2.29. The van der Waals surface area contributed by atoms with Crippen LogP contribution in [0.25, 0.3) is 0 Å². The van der Waals surface area contributed by atoms with Crippen molar-refractivity contribution in [3.05, 3.63) is 34.3 Å². The molecule has 2 unspecified atom stereocenters. The Hall–Kier alpha value is -0.470. The van der Waals surface area contributed by atoms with Crippen LogP contribution in [0.15, 0.2) is 28.7 Å². The van der Waals surface area contributed by atoms with Crippen LogP contribution in [-0.4, -0.2) is 39.6 Å². The van der Waals surface area contributed by atoms with Gasteiger partial charge in [0.2, 0.25) is 10.0 Å². The van der Waals surface area contributed by atoms with Crippen LogP contribution in [0.3, 0.4) is 0 Å². The second-order valence-electron chi connectivity index (χ2n) is 6.12. The molecule has 0 saturated carbocycles. The Morgan fingerprint density at radius 1 is 1.50 bits per heavy atom. The van der Waals surface area contributed by atoms with E-state index in [1.807, 2.05) is 38.1 Å². The zero-order valence-corrected chi connectivity index (χ0v) is 15.4. The lowest BCUT2D eigenvalue weighted by Crippen LogP contribution is -2.39. The van der Waals surface area contributed by atoms with Crippen molar-refractivity contribution in [2.45, 2.75) is 37.2 Å². The van der Waals surface area contributed by atoms with Gasteiger partial charge < -0.3 is 9.47 Å². The minimum absolute atomic E-state index is 0.223. The molecule has 22 heavy (non-hydrogen) atoms. The SMILES string of the molecule is COCC(NS(=O)(=O)C1COC(C)(C)C1)c1cccc(Br)c1. The van der Waals surface area contributed by atoms with E-state index in [-0.39, 0.29) is 13.2 Å². The van der Waals surface area contributed by atoms with E-state index in [9.17, 15) is 8.42 Å². The predicted molar refractivity (Wildman–Crippen MR) is 89.3 cm³/mol. The third-order valence-electron chi connectivity index (χ3n) is 3.71. The maximum absolute atomic E-state index is 12.6. The molecule has 5 nitrogen and oxygen atoms in total. The molecule has 7 heteroatoms. The summed E-state index contributed by atoms with van der Waals surface area (Å²) < 4.78 is 39.6. The minimum Gasteiger partial charge on any atom is -0.383 e. The van der Waals surface area contributed by atoms with Gasteiger partial charge in [0, 0.05) is 11.6 Å². The number of sulfonamides is 1. The number of nitrogens with one attached hydrogen (secondary N) is 1. The van der Waals surface area contributed by atoms with Crippen LogP contribution < -0.4 is 4.72 Å². The summed E-state index contributed by atoms with van der Waals surface area (Å²) in [6.45, 7) is 4.31. The van der Waals surface area contributed by atoms with Crippen molar-refractivity contribution in [1.82, 2.24) is 4.72 Å². The predicted octanol–water partition coefficient (Wildman–Crippen LogP) is 2.62. The number of ether oxygens (including phenoxy) is 2. The lowest BCUT2D eigenvalue weighted by molar-refractivity contribution is 0.0367. The molecule has 1 N–H and O–H groups in total. The number of rotatable bonds is 6. The zero-order chi connectivity index (χ0) is 16.4. The van der Waals surface area contributed by atoms with Crippen molar-refractivity contribution in [2.75, 3.05) is 20.3 Å². The number of benzene rings is 1. The van der Waals surface area contributed by atoms with Crippen LogP contribution in [0.1, 0.15) is 31.9 Å². The lowest BCUT2D eigenvalue weighted by atomic mass is 10.1. The molecule has 0 spiro atoms. The average molecular weight is 392 g/mol. The van der Waals surface area contributed by atoms with Gasteiger partial charge in [-0.25, -0.2) is 13.1 Å². The number of methoxy groups -OCH3 is 1. The molecular formula is C15H22BrNO4S. The zero-order valence-electron chi connectivity index (χ0n) is 13.0. The Morgan fingerprint density at radius 2 is 2.23 bits per heavy atom. The number of hydrogen-bond acceptors (Lipinski definition) is 4. The van der Waals surface area contributed by atoms with Crippen LogP contribution in [0.2, 0.25) is 0 Å². The number of halogens is 1. The van der Waals surface area contributed by atoms with Crippen molar-refractivity contribution in [1.29, 1.82) is 0 Å². The standard InChI is InChI=1S/C15H22BrNO4S/c1-15(2)8-13(9-21-15)22(18,19)17-14(10-20-3)11-5-4-6-12(16)7-11/h4-7,13-14,17H,8-10H2,1-3H3. The average Bonchev–Trinajstić information content (AvgIpc) is 2.79. The molecule has 0 aliphatic carbocycles. The first kappa shape index (κ1) is 17.9. The molecule has 0 aromatic heterocycles. The first-order valence-electron chi connectivity index (χ1n) is 7.13. The molecule has 1 aliphatic rings. The van der Waals surface area contributed by atoms with E-state index in [1.54, 1.807) is 7.11 Å².